The van der Waals surface area contributed by atoms with Gasteiger partial charge in [-0.3, -0.25) is 4.79 Å². The van der Waals surface area contributed by atoms with E-state index < -0.39 is 0 Å². The second-order valence-electron chi connectivity index (χ2n) is 6.49. The maximum atomic E-state index is 12.0. The van der Waals surface area contributed by atoms with Crippen LogP contribution in [0.4, 0.5) is 0 Å². The average Bonchev–Trinajstić information content (AvgIpc) is 3.27. The zero-order valence-electron chi connectivity index (χ0n) is 16.5. The van der Waals surface area contributed by atoms with Gasteiger partial charge in [0.15, 0.2) is 8.68 Å². The standard InChI is InChI=1S/C22H16Cl2N4OS3/c23-18-10-4-7-15(20(18)24)11-25-26-19(29)13-31-22-28-27-21(32-22)30-12-16-8-3-6-14-5-1-2-9-17(14)16/h1-11H,12-13H2,(H,26,29)/b25-11-. The number of aromatic nitrogens is 2. The van der Waals surface area contributed by atoms with E-state index in [1.165, 1.54) is 45.6 Å². The van der Waals surface area contributed by atoms with Gasteiger partial charge in [0, 0.05) is 11.3 Å². The lowest BCUT2D eigenvalue weighted by molar-refractivity contribution is -0.118. The van der Waals surface area contributed by atoms with Gasteiger partial charge < -0.3 is 0 Å². The number of thioether (sulfide) groups is 2. The van der Waals surface area contributed by atoms with E-state index in [4.69, 9.17) is 23.2 Å². The zero-order chi connectivity index (χ0) is 22.3. The van der Waals surface area contributed by atoms with Crippen molar-refractivity contribution in [2.75, 3.05) is 5.75 Å². The Labute approximate surface area is 207 Å². The Bertz CT molecular complexity index is 1270. The number of carbonyl (C=O) groups is 1. The number of benzene rings is 3. The van der Waals surface area contributed by atoms with E-state index in [9.17, 15) is 4.79 Å². The summed E-state index contributed by atoms with van der Waals surface area (Å²) in [5, 5.41) is 15.6. The van der Waals surface area contributed by atoms with Gasteiger partial charge in [-0.1, -0.05) is 113 Å². The molecule has 1 aromatic heterocycles. The molecule has 0 aliphatic rings. The quantitative estimate of drug-likeness (QED) is 0.163. The summed E-state index contributed by atoms with van der Waals surface area (Å²) in [4.78, 5) is 12.0. The topological polar surface area (TPSA) is 67.2 Å². The molecule has 0 fully saturated rings. The van der Waals surface area contributed by atoms with Crippen LogP contribution in [0.3, 0.4) is 0 Å². The van der Waals surface area contributed by atoms with Crippen LogP contribution >= 0.6 is 58.1 Å². The molecule has 0 atom stereocenters. The highest BCUT2D eigenvalue weighted by Crippen LogP contribution is 2.32. The molecule has 0 saturated carbocycles. The van der Waals surface area contributed by atoms with Crippen molar-refractivity contribution < 1.29 is 4.79 Å². The third kappa shape index (κ3) is 6.02. The van der Waals surface area contributed by atoms with E-state index in [0.29, 0.717) is 15.6 Å². The maximum Gasteiger partial charge on any atom is 0.250 e. The van der Waals surface area contributed by atoms with Crippen molar-refractivity contribution in [1.82, 2.24) is 15.6 Å². The van der Waals surface area contributed by atoms with Crippen molar-refractivity contribution in [3.05, 3.63) is 81.8 Å². The maximum absolute atomic E-state index is 12.0. The molecule has 10 heteroatoms. The highest BCUT2D eigenvalue weighted by Gasteiger charge is 2.10. The molecule has 0 radical (unpaired) electrons. The monoisotopic (exact) mass is 518 g/mol. The van der Waals surface area contributed by atoms with Crippen molar-refractivity contribution in [2.45, 2.75) is 14.4 Å². The van der Waals surface area contributed by atoms with Gasteiger partial charge in [0.05, 0.1) is 22.0 Å². The lowest BCUT2D eigenvalue weighted by atomic mass is 10.1. The summed E-state index contributed by atoms with van der Waals surface area (Å²) in [5.41, 5.74) is 4.37. The molecule has 0 aliphatic heterocycles. The van der Waals surface area contributed by atoms with Crippen LogP contribution in [0.1, 0.15) is 11.1 Å². The summed E-state index contributed by atoms with van der Waals surface area (Å²) in [6.45, 7) is 0. The van der Waals surface area contributed by atoms with Crippen molar-refractivity contribution in [2.24, 2.45) is 5.10 Å². The summed E-state index contributed by atoms with van der Waals surface area (Å²) in [7, 11) is 0. The Morgan fingerprint density at radius 1 is 1.00 bits per heavy atom. The molecule has 0 unspecified atom stereocenters. The Hall–Kier alpha value is -2.10. The molecule has 32 heavy (non-hydrogen) atoms. The Kier molecular flexibility index (Phi) is 8.05. The number of hydrogen-bond donors (Lipinski definition) is 1. The van der Waals surface area contributed by atoms with Crippen LogP contribution in [0.15, 0.2) is 74.4 Å². The molecule has 4 aromatic rings. The predicted molar refractivity (Wildman–Crippen MR) is 136 cm³/mol. The molecule has 162 valence electrons. The molecule has 0 bridgehead atoms. The normalized spacial score (nSPS) is 11.3. The number of nitrogens with one attached hydrogen (secondary N) is 1. The number of rotatable bonds is 8. The van der Waals surface area contributed by atoms with Crippen molar-refractivity contribution >= 4 is 81.0 Å². The van der Waals surface area contributed by atoms with Crippen LogP contribution in [0, 0.1) is 0 Å². The third-order valence-electron chi connectivity index (χ3n) is 4.32. The summed E-state index contributed by atoms with van der Waals surface area (Å²) >= 11 is 16.5. The second-order valence-corrected chi connectivity index (χ2v) is 10.7. The number of halogens is 2. The first-order chi connectivity index (χ1) is 15.6. The van der Waals surface area contributed by atoms with Crippen molar-refractivity contribution in [1.29, 1.82) is 0 Å². The molecular formula is C22H16Cl2N4OS3. The van der Waals surface area contributed by atoms with Crippen molar-refractivity contribution in [3.63, 3.8) is 0 Å². The predicted octanol–water partition coefficient (Wildman–Crippen LogP) is 6.53. The summed E-state index contributed by atoms with van der Waals surface area (Å²) < 4.78 is 1.61. The first-order valence-corrected chi connectivity index (χ1v) is 13.0. The van der Waals surface area contributed by atoms with Crippen LogP contribution < -0.4 is 5.43 Å². The Balaban J connectivity index is 1.26. The van der Waals surface area contributed by atoms with E-state index in [1.807, 2.05) is 6.07 Å². The number of hydrogen-bond acceptors (Lipinski definition) is 7. The van der Waals surface area contributed by atoms with Gasteiger partial charge in [0.25, 0.3) is 5.91 Å². The number of fused-ring (bicyclic) bond motifs is 1. The highest BCUT2D eigenvalue weighted by molar-refractivity contribution is 8.03. The van der Waals surface area contributed by atoms with Crippen molar-refractivity contribution in [3.8, 4) is 0 Å². The van der Waals surface area contributed by atoms with Gasteiger partial charge >= 0.3 is 0 Å². The molecule has 5 nitrogen and oxygen atoms in total. The summed E-state index contributed by atoms with van der Waals surface area (Å²) in [5.74, 6) is 0.745. The minimum Gasteiger partial charge on any atom is -0.272 e. The fourth-order valence-corrected chi connectivity index (χ4v) is 6.00. The molecule has 0 aliphatic carbocycles. The number of hydrazone groups is 1. The van der Waals surface area contributed by atoms with Gasteiger partial charge in [0.2, 0.25) is 0 Å². The molecule has 0 saturated heterocycles. The Morgan fingerprint density at radius 3 is 2.62 bits per heavy atom. The van der Waals surface area contributed by atoms with Gasteiger partial charge in [-0.05, 0) is 22.4 Å². The lowest BCUT2D eigenvalue weighted by Crippen LogP contribution is -2.19. The fraction of sp³-hybridized carbons (Fsp3) is 0.0909. The van der Waals surface area contributed by atoms with Crippen LogP contribution in [-0.4, -0.2) is 28.1 Å². The molecule has 4 rings (SSSR count). The number of amides is 1. The molecular weight excluding hydrogens is 503 g/mol. The molecule has 3 aromatic carbocycles. The second kappa shape index (κ2) is 11.2. The van der Waals surface area contributed by atoms with Gasteiger partial charge in [-0.2, -0.15) is 5.10 Å². The zero-order valence-corrected chi connectivity index (χ0v) is 20.5. The van der Waals surface area contributed by atoms with Crippen LogP contribution in [-0.2, 0) is 10.5 Å². The summed E-state index contributed by atoms with van der Waals surface area (Å²) in [6.07, 6.45) is 1.46. The highest BCUT2D eigenvalue weighted by atomic mass is 35.5. The largest absolute Gasteiger partial charge is 0.272 e. The minimum absolute atomic E-state index is 0.184. The van der Waals surface area contributed by atoms with Gasteiger partial charge in [-0.25, -0.2) is 5.43 Å². The molecule has 1 amide bonds. The fourth-order valence-electron chi connectivity index (χ4n) is 2.83. The average molecular weight is 520 g/mol. The number of nitrogens with zero attached hydrogens (tertiary/aromatic N) is 3. The molecule has 0 spiro atoms. The molecule has 1 N–H and O–H groups in total. The van der Waals surface area contributed by atoms with E-state index in [-0.39, 0.29) is 11.7 Å². The number of carbonyl (C=O) groups excluding carboxylic acids is 1. The van der Waals surface area contributed by atoms with Crippen LogP contribution in [0.5, 0.6) is 0 Å². The van der Waals surface area contributed by atoms with E-state index in [1.54, 1.807) is 30.0 Å². The van der Waals surface area contributed by atoms with E-state index >= 15 is 0 Å². The van der Waals surface area contributed by atoms with Gasteiger partial charge in [-0.15, -0.1) is 10.2 Å². The summed E-state index contributed by atoms with van der Waals surface area (Å²) in [6, 6.07) is 19.9. The van der Waals surface area contributed by atoms with E-state index in [0.717, 1.165) is 14.4 Å². The van der Waals surface area contributed by atoms with E-state index in [2.05, 4.69) is 57.1 Å². The first-order valence-electron chi connectivity index (χ1n) is 9.42. The van der Waals surface area contributed by atoms with Crippen LogP contribution in [0.25, 0.3) is 10.8 Å². The smallest absolute Gasteiger partial charge is 0.250 e. The van der Waals surface area contributed by atoms with Gasteiger partial charge in [0.1, 0.15) is 0 Å². The Morgan fingerprint density at radius 2 is 1.75 bits per heavy atom. The third-order valence-corrected chi connectivity index (χ3v) is 8.39. The first kappa shape index (κ1) is 23.1. The lowest BCUT2D eigenvalue weighted by Gasteiger charge is -2.04. The van der Waals surface area contributed by atoms with Crippen LogP contribution in [0.2, 0.25) is 10.0 Å². The molecule has 1 heterocycles. The minimum atomic E-state index is -0.246. The SMILES string of the molecule is O=C(CSc1nnc(SCc2cccc3ccccc23)s1)N/N=C\c1cccc(Cl)c1Cl.